The first kappa shape index (κ1) is 19.1. The van der Waals surface area contributed by atoms with E-state index in [1.165, 1.54) is 0 Å². The quantitative estimate of drug-likeness (QED) is 0.855. The zero-order valence-corrected chi connectivity index (χ0v) is 15.1. The topological polar surface area (TPSA) is 67.9 Å². The Kier molecular flexibility index (Phi) is 7.57. The van der Waals surface area contributed by atoms with Gasteiger partial charge in [0.05, 0.1) is 6.61 Å². The number of hydrogen-bond donors (Lipinski definition) is 1. The fourth-order valence-electron chi connectivity index (χ4n) is 2.65. The number of carbonyl (C=O) groups excluding carboxylic acids is 2. The summed E-state index contributed by atoms with van der Waals surface area (Å²) in [5.74, 6) is 0.700. The van der Waals surface area contributed by atoms with Crippen LogP contribution in [-0.4, -0.2) is 43.3 Å². The Morgan fingerprint density at radius 1 is 1.16 bits per heavy atom. The molecule has 2 rings (SSSR count). The molecule has 1 heterocycles. The molecule has 0 radical (unpaired) electrons. The van der Waals surface area contributed by atoms with Crippen LogP contribution in [-0.2, 0) is 16.1 Å². The molecule has 1 aromatic rings. The number of nitrogens with zero attached hydrogens (tertiary/aromatic N) is 1. The lowest BCUT2D eigenvalue weighted by Crippen LogP contribution is -2.42. The molecule has 6 nitrogen and oxygen atoms in total. The van der Waals surface area contributed by atoms with Crippen molar-refractivity contribution in [1.82, 2.24) is 10.2 Å². The molecule has 2 amide bonds. The third-order valence-corrected chi connectivity index (χ3v) is 4.16. The number of piperidine rings is 1. The van der Waals surface area contributed by atoms with E-state index in [-0.39, 0.29) is 12.7 Å². The summed E-state index contributed by atoms with van der Waals surface area (Å²) in [6, 6.07) is 9.59. The van der Waals surface area contributed by atoms with Crippen molar-refractivity contribution in [2.45, 2.75) is 33.3 Å². The van der Waals surface area contributed by atoms with Gasteiger partial charge >= 0.3 is 12.2 Å². The molecule has 1 aliphatic heterocycles. The summed E-state index contributed by atoms with van der Waals surface area (Å²) in [5, 5.41) is 2.81. The van der Waals surface area contributed by atoms with E-state index in [0.717, 1.165) is 18.4 Å². The van der Waals surface area contributed by atoms with Crippen molar-refractivity contribution >= 4 is 12.2 Å². The van der Waals surface area contributed by atoms with Gasteiger partial charge in [0.25, 0.3) is 0 Å². The maximum atomic E-state index is 11.9. The van der Waals surface area contributed by atoms with Gasteiger partial charge in [0.1, 0.15) is 6.61 Å². The average molecular weight is 348 g/mol. The second-order valence-electron chi connectivity index (χ2n) is 6.84. The molecule has 1 saturated heterocycles. The van der Waals surface area contributed by atoms with Gasteiger partial charge in [-0.2, -0.15) is 0 Å². The van der Waals surface area contributed by atoms with Crippen LogP contribution < -0.4 is 5.32 Å². The third kappa shape index (κ3) is 7.03. The molecular weight excluding hydrogens is 320 g/mol. The molecule has 0 spiro atoms. The van der Waals surface area contributed by atoms with E-state index < -0.39 is 6.09 Å². The molecule has 0 aliphatic carbocycles. The summed E-state index contributed by atoms with van der Waals surface area (Å²) >= 11 is 0. The molecule has 0 aromatic heterocycles. The highest BCUT2D eigenvalue weighted by atomic mass is 16.6. The van der Waals surface area contributed by atoms with E-state index in [4.69, 9.17) is 9.47 Å². The monoisotopic (exact) mass is 348 g/mol. The van der Waals surface area contributed by atoms with Crippen LogP contribution in [0, 0.1) is 11.8 Å². The second kappa shape index (κ2) is 9.91. The number of nitrogens with one attached hydrogen (secondary N) is 1. The maximum Gasteiger partial charge on any atom is 0.409 e. The lowest BCUT2D eigenvalue weighted by Gasteiger charge is -2.31. The molecule has 1 aromatic carbocycles. The van der Waals surface area contributed by atoms with Crippen molar-refractivity contribution in [2.75, 3.05) is 26.2 Å². The Balaban J connectivity index is 1.60. The van der Waals surface area contributed by atoms with Gasteiger partial charge in [0, 0.05) is 19.6 Å². The molecule has 1 fully saturated rings. The Morgan fingerprint density at radius 3 is 2.48 bits per heavy atom. The Bertz CT molecular complexity index is 540. The summed E-state index contributed by atoms with van der Waals surface area (Å²) in [6.45, 7) is 6.66. The number of likely N-dealkylation sites (tertiary alicyclic amines) is 1. The van der Waals surface area contributed by atoms with Gasteiger partial charge in [-0.05, 0) is 30.2 Å². The minimum atomic E-state index is -0.400. The number of amides is 2. The van der Waals surface area contributed by atoms with Crippen molar-refractivity contribution in [1.29, 1.82) is 0 Å². The molecular formula is C19H28N2O4. The molecule has 1 aliphatic rings. The first-order valence-electron chi connectivity index (χ1n) is 8.91. The predicted octanol–water partition coefficient (Wildman–Crippen LogP) is 3.42. The first-order valence-corrected chi connectivity index (χ1v) is 8.91. The summed E-state index contributed by atoms with van der Waals surface area (Å²) in [5.41, 5.74) is 0.964. The number of hydrogen-bond acceptors (Lipinski definition) is 4. The highest BCUT2D eigenvalue weighted by molar-refractivity contribution is 5.68. The normalized spacial score (nSPS) is 15.1. The Hall–Kier alpha value is -2.24. The van der Waals surface area contributed by atoms with Gasteiger partial charge in [-0.25, -0.2) is 9.59 Å². The molecule has 25 heavy (non-hydrogen) atoms. The van der Waals surface area contributed by atoms with E-state index in [0.29, 0.717) is 38.1 Å². The summed E-state index contributed by atoms with van der Waals surface area (Å²) in [7, 11) is 0. The fraction of sp³-hybridized carbons (Fsp3) is 0.579. The summed E-state index contributed by atoms with van der Waals surface area (Å²) in [6.07, 6.45) is 1.08. The SMILES string of the molecule is CC(C)COC(=O)N1CCC(CNC(=O)OCc2ccccc2)CC1. The van der Waals surface area contributed by atoms with E-state index in [1.807, 2.05) is 44.2 Å². The Morgan fingerprint density at radius 2 is 1.84 bits per heavy atom. The van der Waals surface area contributed by atoms with Crippen molar-refractivity contribution in [3.8, 4) is 0 Å². The number of ether oxygens (including phenoxy) is 2. The smallest absolute Gasteiger partial charge is 0.409 e. The highest BCUT2D eigenvalue weighted by Gasteiger charge is 2.24. The van der Waals surface area contributed by atoms with Gasteiger partial charge in [0.2, 0.25) is 0 Å². The van der Waals surface area contributed by atoms with Gasteiger partial charge in [-0.1, -0.05) is 44.2 Å². The van der Waals surface area contributed by atoms with Crippen molar-refractivity contribution in [3.05, 3.63) is 35.9 Å². The average Bonchev–Trinajstić information content (AvgIpc) is 2.64. The van der Waals surface area contributed by atoms with Gasteiger partial charge < -0.3 is 19.7 Å². The fourth-order valence-corrected chi connectivity index (χ4v) is 2.65. The van der Waals surface area contributed by atoms with Crippen LogP contribution in [0.3, 0.4) is 0 Å². The number of rotatable bonds is 6. The molecule has 0 unspecified atom stereocenters. The van der Waals surface area contributed by atoms with E-state index in [9.17, 15) is 9.59 Å². The van der Waals surface area contributed by atoms with Crippen LogP contribution in [0.15, 0.2) is 30.3 Å². The zero-order valence-electron chi connectivity index (χ0n) is 15.1. The Labute approximate surface area is 149 Å². The predicted molar refractivity (Wildman–Crippen MR) is 95.1 cm³/mol. The van der Waals surface area contributed by atoms with Crippen LogP contribution in [0.5, 0.6) is 0 Å². The minimum absolute atomic E-state index is 0.234. The largest absolute Gasteiger partial charge is 0.449 e. The van der Waals surface area contributed by atoms with Crippen LogP contribution >= 0.6 is 0 Å². The van der Waals surface area contributed by atoms with Crippen LogP contribution in [0.25, 0.3) is 0 Å². The molecule has 0 saturated carbocycles. The van der Waals surface area contributed by atoms with Crippen molar-refractivity contribution < 1.29 is 19.1 Å². The highest BCUT2D eigenvalue weighted by Crippen LogP contribution is 2.17. The zero-order chi connectivity index (χ0) is 18.1. The summed E-state index contributed by atoms with van der Waals surface area (Å²) in [4.78, 5) is 25.4. The van der Waals surface area contributed by atoms with Gasteiger partial charge in [-0.15, -0.1) is 0 Å². The third-order valence-electron chi connectivity index (χ3n) is 4.16. The van der Waals surface area contributed by atoms with Crippen molar-refractivity contribution in [2.24, 2.45) is 11.8 Å². The molecule has 138 valence electrons. The lowest BCUT2D eigenvalue weighted by atomic mass is 9.97. The van der Waals surface area contributed by atoms with E-state index in [1.54, 1.807) is 4.90 Å². The minimum Gasteiger partial charge on any atom is -0.449 e. The molecule has 1 N–H and O–H groups in total. The second-order valence-corrected chi connectivity index (χ2v) is 6.84. The van der Waals surface area contributed by atoms with Crippen LogP contribution in [0.1, 0.15) is 32.3 Å². The van der Waals surface area contributed by atoms with Crippen LogP contribution in [0.4, 0.5) is 9.59 Å². The van der Waals surface area contributed by atoms with E-state index >= 15 is 0 Å². The number of alkyl carbamates (subject to hydrolysis) is 1. The standard InChI is InChI=1S/C19H28N2O4/c1-15(2)13-25-19(23)21-10-8-16(9-11-21)12-20-18(22)24-14-17-6-4-3-5-7-17/h3-7,15-16H,8-14H2,1-2H3,(H,20,22). The van der Waals surface area contributed by atoms with Crippen LogP contribution in [0.2, 0.25) is 0 Å². The van der Waals surface area contributed by atoms with Crippen molar-refractivity contribution in [3.63, 3.8) is 0 Å². The van der Waals surface area contributed by atoms with Gasteiger partial charge in [-0.3, -0.25) is 0 Å². The molecule has 6 heteroatoms. The number of carbonyl (C=O) groups is 2. The lowest BCUT2D eigenvalue weighted by molar-refractivity contribution is 0.0782. The molecule has 0 atom stereocenters. The first-order chi connectivity index (χ1) is 12.0. The van der Waals surface area contributed by atoms with Gasteiger partial charge in [0.15, 0.2) is 0 Å². The summed E-state index contributed by atoms with van der Waals surface area (Å²) < 4.78 is 10.4. The maximum absolute atomic E-state index is 11.9. The molecule has 0 bridgehead atoms. The van der Waals surface area contributed by atoms with E-state index in [2.05, 4.69) is 5.32 Å². The number of benzene rings is 1.